The highest BCUT2D eigenvalue weighted by Crippen LogP contribution is 2.37. The van der Waals surface area contributed by atoms with E-state index in [0.29, 0.717) is 19.4 Å². The summed E-state index contributed by atoms with van der Waals surface area (Å²) in [5.41, 5.74) is 0. The molecular weight excluding hydrogens is 243 g/mol. The van der Waals surface area contributed by atoms with Gasteiger partial charge in [0.2, 0.25) is 0 Å². The number of hydrogen-bond donors (Lipinski definition) is 1. The van der Waals surface area contributed by atoms with Crippen LogP contribution in [0.2, 0.25) is 0 Å². The Hall–Kier alpha value is -0.290. The third kappa shape index (κ3) is 6.05. The van der Waals surface area contributed by atoms with Crippen molar-refractivity contribution in [1.82, 2.24) is 5.32 Å². The Morgan fingerprint density at radius 3 is 2.67 bits per heavy atom. The van der Waals surface area contributed by atoms with E-state index >= 15 is 0 Å². The Bertz CT molecular complexity index is 221. The fraction of sp³-hybridized carbons (Fsp3) is 1.00. The minimum absolute atomic E-state index is 0.0246. The van der Waals surface area contributed by atoms with E-state index in [9.17, 15) is 13.2 Å². The van der Waals surface area contributed by atoms with Gasteiger partial charge in [-0.15, -0.1) is 0 Å². The van der Waals surface area contributed by atoms with E-state index in [0.717, 1.165) is 32.4 Å². The van der Waals surface area contributed by atoms with Crippen molar-refractivity contribution >= 4 is 0 Å². The summed E-state index contributed by atoms with van der Waals surface area (Å²) in [5, 5.41) is 3.22. The number of rotatable bonds is 7. The van der Waals surface area contributed by atoms with Gasteiger partial charge in [-0.3, -0.25) is 0 Å². The average Bonchev–Trinajstić information content (AvgIpc) is 2.33. The predicted octanol–water partition coefficient (Wildman–Crippen LogP) is 3.51. The number of hydrogen-bond acceptors (Lipinski definition) is 2. The van der Waals surface area contributed by atoms with Crippen molar-refractivity contribution in [2.24, 2.45) is 5.92 Å². The lowest BCUT2D eigenvalue weighted by Gasteiger charge is -2.31. The minimum Gasteiger partial charge on any atom is -0.381 e. The molecule has 2 unspecified atom stereocenters. The Balaban J connectivity index is 2.11. The molecule has 0 amide bonds. The minimum atomic E-state index is -4.02. The molecule has 0 radical (unpaired) electrons. The summed E-state index contributed by atoms with van der Waals surface area (Å²) in [6.45, 7) is 4.26. The topological polar surface area (TPSA) is 21.3 Å². The number of nitrogens with one attached hydrogen (secondary N) is 1. The van der Waals surface area contributed by atoms with E-state index < -0.39 is 12.1 Å². The van der Waals surface area contributed by atoms with E-state index in [1.807, 2.05) is 0 Å². The fourth-order valence-electron chi connectivity index (χ4n) is 2.40. The van der Waals surface area contributed by atoms with Gasteiger partial charge in [0, 0.05) is 19.3 Å². The van der Waals surface area contributed by atoms with Crippen LogP contribution in [-0.2, 0) is 4.74 Å². The van der Waals surface area contributed by atoms with Crippen LogP contribution in [0, 0.1) is 5.92 Å². The first kappa shape index (κ1) is 15.8. The Kier molecular flexibility index (Phi) is 7.00. The van der Waals surface area contributed by atoms with E-state index in [2.05, 4.69) is 12.2 Å². The molecule has 18 heavy (non-hydrogen) atoms. The maximum atomic E-state index is 12.6. The van der Waals surface area contributed by atoms with Crippen LogP contribution in [0.15, 0.2) is 0 Å². The van der Waals surface area contributed by atoms with Crippen LogP contribution in [0.5, 0.6) is 0 Å². The summed E-state index contributed by atoms with van der Waals surface area (Å²) in [7, 11) is 0. The normalized spacial score (nSPS) is 25.3. The summed E-state index contributed by atoms with van der Waals surface area (Å²) >= 11 is 0. The zero-order valence-corrected chi connectivity index (χ0v) is 11.1. The van der Waals surface area contributed by atoms with Gasteiger partial charge in [-0.1, -0.05) is 13.3 Å². The van der Waals surface area contributed by atoms with Gasteiger partial charge in [0.25, 0.3) is 0 Å². The van der Waals surface area contributed by atoms with Gasteiger partial charge in [0.1, 0.15) is 0 Å². The Labute approximate surface area is 107 Å². The second-order valence-electron chi connectivity index (χ2n) is 5.02. The Morgan fingerprint density at radius 1 is 1.22 bits per heavy atom. The lowest BCUT2D eigenvalue weighted by Crippen LogP contribution is -2.39. The van der Waals surface area contributed by atoms with Gasteiger partial charge in [-0.25, -0.2) is 0 Å². The van der Waals surface area contributed by atoms with Crippen molar-refractivity contribution in [3.05, 3.63) is 0 Å². The number of alkyl halides is 3. The van der Waals surface area contributed by atoms with E-state index in [4.69, 9.17) is 4.74 Å². The molecule has 1 fully saturated rings. The van der Waals surface area contributed by atoms with Gasteiger partial charge in [0.05, 0.1) is 5.92 Å². The molecule has 2 nitrogen and oxygen atoms in total. The zero-order valence-electron chi connectivity index (χ0n) is 11.1. The van der Waals surface area contributed by atoms with Crippen LogP contribution >= 0.6 is 0 Å². The third-order valence-electron chi connectivity index (χ3n) is 3.38. The number of ether oxygens (including phenoxy) is 1. The second-order valence-corrected chi connectivity index (χ2v) is 5.02. The smallest absolute Gasteiger partial charge is 0.381 e. The van der Waals surface area contributed by atoms with E-state index in [-0.39, 0.29) is 12.5 Å². The highest BCUT2D eigenvalue weighted by molar-refractivity contribution is 4.81. The van der Waals surface area contributed by atoms with Crippen molar-refractivity contribution < 1.29 is 17.9 Å². The molecule has 2 atom stereocenters. The van der Waals surface area contributed by atoms with Crippen molar-refractivity contribution in [3.63, 3.8) is 0 Å². The summed E-state index contributed by atoms with van der Waals surface area (Å²) in [5.74, 6) is -1.11. The lowest BCUT2D eigenvalue weighted by molar-refractivity contribution is -0.183. The lowest BCUT2D eigenvalue weighted by atomic mass is 9.85. The van der Waals surface area contributed by atoms with E-state index in [1.54, 1.807) is 0 Å². The van der Waals surface area contributed by atoms with Crippen molar-refractivity contribution in [1.29, 1.82) is 0 Å². The highest BCUT2D eigenvalue weighted by atomic mass is 19.4. The van der Waals surface area contributed by atoms with Gasteiger partial charge in [-0.2, -0.15) is 13.2 Å². The maximum absolute atomic E-state index is 12.6. The van der Waals surface area contributed by atoms with E-state index in [1.165, 1.54) is 0 Å². The monoisotopic (exact) mass is 267 g/mol. The van der Waals surface area contributed by atoms with Gasteiger partial charge in [-0.05, 0) is 38.6 Å². The molecule has 0 aromatic heterocycles. The van der Waals surface area contributed by atoms with Gasteiger partial charge in [0.15, 0.2) is 0 Å². The van der Waals surface area contributed by atoms with Gasteiger partial charge >= 0.3 is 6.18 Å². The standard InChI is InChI=1S/C13H24F3NO/c1-2-8-18-9-4-7-17-12-6-3-5-11(10-12)13(14,15)16/h11-12,17H,2-10H2,1H3. The molecule has 5 heteroatoms. The summed E-state index contributed by atoms with van der Waals surface area (Å²) < 4.78 is 43.1. The first-order valence-corrected chi connectivity index (χ1v) is 6.92. The highest BCUT2D eigenvalue weighted by Gasteiger charge is 2.41. The number of halogens is 3. The molecule has 1 rings (SSSR count). The Morgan fingerprint density at radius 2 is 2.00 bits per heavy atom. The van der Waals surface area contributed by atoms with Crippen molar-refractivity contribution in [2.75, 3.05) is 19.8 Å². The quantitative estimate of drug-likeness (QED) is 0.713. The first-order valence-electron chi connectivity index (χ1n) is 6.92. The molecule has 1 saturated carbocycles. The largest absolute Gasteiger partial charge is 0.391 e. The molecule has 1 aliphatic rings. The molecule has 1 aliphatic carbocycles. The molecule has 1 N–H and O–H groups in total. The first-order chi connectivity index (χ1) is 8.54. The molecule has 0 spiro atoms. The van der Waals surface area contributed by atoms with Crippen LogP contribution in [0.4, 0.5) is 13.2 Å². The van der Waals surface area contributed by atoms with Crippen molar-refractivity contribution in [2.45, 2.75) is 57.7 Å². The fourth-order valence-corrected chi connectivity index (χ4v) is 2.40. The van der Waals surface area contributed by atoms with Crippen LogP contribution < -0.4 is 5.32 Å². The SMILES string of the molecule is CCCOCCCNC1CCCC(C(F)(F)F)C1. The molecule has 0 aliphatic heterocycles. The molecule has 0 heterocycles. The molecule has 0 aromatic rings. The second kappa shape index (κ2) is 8.00. The molecule has 0 saturated heterocycles. The molecular formula is C13H24F3NO. The van der Waals surface area contributed by atoms with Gasteiger partial charge < -0.3 is 10.1 Å². The van der Waals surface area contributed by atoms with Crippen LogP contribution in [-0.4, -0.2) is 32.0 Å². The maximum Gasteiger partial charge on any atom is 0.391 e. The molecule has 0 bridgehead atoms. The van der Waals surface area contributed by atoms with Crippen molar-refractivity contribution in [3.8, 4) is 0 Å². The molecule has 108 valence electrons. The van der Waals surface area contributed by atoms with Crippen LogP contribution in [0.1, 0.15) is 45.4 Å². The predicted molar refractivity (Wildman–Crippen MR) is 65.5 cm³/mol. The third-order valence-corrected chi connectivity index (χ3v) is 3.38. The average molecular weight is 267 g/mol. The van der Waals surface area contributed by atoms with Crippen LogP contribution in [0.25, 0.3) is 0 Å². The summed E-state index contributed by atoms with van der Waals surface area (Å²) in [6.07, 6.45) is -0.0850. The zero-order chi connectivity index (χ0) is 13.4. The van der Waals surface area contributed by atoms with Crippen LogP contribution in [0.3, 0.4) is 0 Å². The summed E-state index contributed by atoms with van der Waals surface area (Å²) in [6, 6.07) is 0.0246. The summed E-state index contributed by atoms with van der Waals surface area (Å²) in [4.78, 5) is 0. The molecule has 0 aromatic carbocycles.